The molecule has 1 heterocycles. The zero-order chi connectivity index (χ0) is 9.52. The summed E-state index contributed by atoms with van der Waals surface area (Å²) in [6.07, 6.45) is 7.00. The maximum absolute atomic E-state index is 10.5. The van der Waals surface area contributed by atoms with Gasteiger partial charge in [-0.1, -0.05) is 6.42 Å². The van der Waals surface area contributed by atoms with E-state index in [1.54, 1.807) is 0 Å². The molecule has 1 amide bonds. The molecule has 0 spiro atoms. The Morgan fingerprint density at radius 1 is 0.846 bits per heavy atom. The highest BCUT2D eigenvalue weighted by Crippen LogP contribution is 2.12. The molecule has 0 aromatic carbocycles. The molecule has 0 bridgehead atoms. The molecular weight excluding hydrogens is 166 g/mol. The Labute approximate surface area is 78.9 Å². The minimum atomic E-state index is 0.204. The van der Waals surface area contributed by atoms with Crippen LogP contribution in [0.3, 0.4) is 0 Å². The number of carbonyl (C=O) groups excluding carboxylic acids is 2. The second kappa shape index (κ2) is 5.73. The van der Waals surface area contributed by atoms with E-state index in [0.717, 1.165) is 45.1 Å². The van der Waals surface area contributed by atoms with Gasteiger partial charge in [-0.15, -0.1) is 0 Å². The molecule has 2 aliphatic rings. The lowest BCUT2D eigenvalue weighted by Gasteiger charge is -2.05. The van der Waals surface area contributed by atoms with E-state index in [1.165, 1.54) is 6.42 Å². The van der Waals surface area contributed by atoms with Gasteiger partial charge in [-0.25, -0.2) is 0 Å². The molecule has 0 radical (unpaired) electrons. The molecule has 1 saturated carbocycles. The van der Waals surface area contributed by atoms with Crippen molar-refractivity contribution in [2.24, 2.45) is 0 Å². The van der Waals surface area contributed by atoms with Crippen LogP contribution in [0, 0.1) is 0 Å². The SMILES string of the molecule is O=C1CCCCC1.O=C1CCCN1. The molecule has 3 nitrogen and oxygen atoms in total. The molecule has 3 heteroatoms. The third kappa shape index (κ3) is 4.65. The first kappa shape index (κ1) is 10.2. The molecule has 13 heavy (non-hydrogen) atoms. The average molecular weight is 183 g/mol. The van der Waals surface area contributed by atoms with Crippen LogP contribution in [0.15, 0.2) is 0 Å². The van der Waals surface area contributed by atoms with Crippen LogP contribution in [0.4, 0.5) is 0 Å². The van der Waals surface area contributed by atoms with Crippen molar-refractivity contribution in [3.05, 3.63) is 0 Å². The summed E-state index contributed by atoms with van der Waals surface area (Å²) >= 11 is 0. The highest BCUT2D eigenvalue weighted by Gasteiger charge is 2.06. The zero-order valence-corrected chi connectivity index (χ0v) is 7.97. The van der Waals surface area contributed by atoms with Crippen molar-refractivity contribution in [2.45, 2.75) is 44.9 Å². The van der Waals surface area contributed by atoms with Crippen molar-refractivity contribution in [1.82, 2.24) is 5.32 Å². The van der Waals surface area contributed by atoms with Crippen LogP contribution in [-0.2, 0) is 9.59 Å². The number of nitrogens with one attached hydrogen (secondary N) is 1. The summed E-state index contributed by atoms with van der Waals surface area (Å²) in [5, 5.41) is 2.68. The van der Waals surface area contributed by atoms with Crippen LogP contribution in [-0.4, -0.2) is 18.2 Å². The molecule has 1 N–H and O–H groups in total. The third-order valence-corrected chi connectivity index (χ3v) is 2.31. The molecule has 0 aromatic heterocycles. The van der Waals surface area contributed by atoms with Crippen molar-refractivity contribution in [2.75, 3.05) is 6.54 Å². The Hall–Kier alpha value is -0.860. The van der Waals surface area contributed by atoms with E-state index in [-0.39, 0.29) is 5.91 Å². The maximum atomic E-state index is 10.5. The molecule has 0 atom stereocenters. The fraction of sp³-hybridized carbons (Fsp3) is 0.800. The molecule has 0 aromatic rings. The summed E-state index contributed by atoms with van der Waals surface area (Å²) in [7, 11) is 0. The monoisotopic (exact) mass is 183 g/mol. The van der Waals surface area contributed by atoms with Gasteiger partial charge in [0.1, 0.15) is 5.78 Å². The van der Waals surface area contributed by atoms with E-state index in [2.05, 4.69) is 5.32 Å². The van der Waals surface area contributed by atoms with Gasteiger partial charge in [0.15, 0.2) is 0 Å². The quantitative estimate of drug-likeness (QED) is 0.617. The third-order valence-electron chi connectivity index (χ3n) is 2.31. The van der Waals surface area contributed by atoms with Crippen molar-refractivity contribution >= 4 is 11.7 Å². The topological polar surface area (TPSA) is 46.2 Å². The van der Waals surface area contributed by atoms with Crippen LogP contribution in [0.1, 0.15) is 44.9 Å². The molecule has 2 rings (SSSR count). The van der Waals surface area contributed by atoms with E-state index in [9.17, 15) is 9.59 Å². The number of ketones is 1. The highest BCUT2D eigenvalue weighted by molar-refractivity contribution is 5.78. The number of amides is 1. The van der Waals surface area contributed by atoms with Gasteiger partial charge in [-0.3, -0.25) is 9.59 Å². The zero-order valence-electron chi connectivity index (χ0n) is 7.97. The van der Waals surface area contributed by atoms with Gasteiger partial charge < -0.3 is 5.32 Å². The van der Waals surface area contributed by atoms with Crippen LogP contribution in [0.25, 0.3) is 0 Å². The standard InChI is InChI=1S/C6H10O.C4H7NO/c7-6-4-2-1-3-5-6;6-4-2-1-3-5-4/h1-5H2;1-3H2,(H,5,6). The lowest BCUT2D eigenvalue weighted by atomic mass is 10.00. The molecule has 2 fully saturated rings. The Bertz CT molecular complexity index is 173. The van der Waals surface area contributed by atoms with Crippen LogP contribution >= 0.6 is 0 Å². The van der Waals surface area contributed by atoms with Crippen molar-refractivity contribution in [3.8, 4) is 0 Å². The largest absolute Gasteiger partial charge is 0.356 e. The maximum Gasteiger partial charge on any atom is 0.220 e. The van der Waals surface area contributed by atoms with Gasteiger partial charge in [0.05, 0.1) is 0 Å². The summed E-state index contributed by atoms with van der Waals surface area (Å²) in [5.74, 6) is 0.668. The van der Waals surface area contributed by atoms with Crippen LogP contribution < -0.4 is 5.32 Å². The summed E-state index contributed by atoms with van der Waals surface area (Å²) in [6, 6.07) is 0. The van der Waals surface area contributed by atoms with Crippen molar-refractivity contribution in [1.29, 1.82) is 0 Å². The van der Waals surface area contributed by atoms with Crippen LogP contribution in [0.5, 0.6) is 0 Å². The van der Waals surface area contributed by atoms with E-state index in [0.29, 0.717) is 5.78 Å². The van der Waals surface area contributed by atoms with Crippen molar-refractivity contribution in [3.63, 3.8) is 0 Å². The molecule has 0 unspecified atom stereocenters. The Kier molecular flexibility index (Phi) is 4.50. The Morgan fingerprint density at radius 2 is 1.54 bits per heavy atom. The van der Waals surface area contributed by atoms with E-state index in [4.69, 9.17) is 0 Å². The summed E-state index contributed by atoms with van der Waals surface area (Å²) < 4.78 is 0. The summed E-state index contributed by atoms with van der Waals surface area (Å²) in [4.78, 5) is 20.6. The highest BCUT2D eigenvalue weighted by atomic mass is 16.1. The van der Waals surface area contributed by atoms with Gasteiger partial charge in [-0.05, 0) is 19.3 Å². The first-order chi connectivity index (χ1) is 6.29. The number of carbonyl (C=O) groups is 2. The molecule has 1 aliphatic heterocycles. The first-order valence-corrected chi connectivity index (χ1v) is 5.07. The Balaban J connectivity index is 0.000000132. The average Bonchev–Trinajstić information content (AvgIpc) is 2.58. The second-order valence-corrected chi connectivity index (χ2v) is 3.55. The van der Waals surface area contributed by atoms with Gasteiger partial charge in [0.2, 0.25) is 5.91 Å². The second-order valence-electron chi connectivity index (χ2n) is 3.55. The van der Waals surface area contributed by atoms with E-state index < -0.39 is 0 Å². The fourth-order valence-corrected chi connectivity index (χ4v) is 1.51. The Morgan fingerprint density at radius 3 is 1.77 bits per heavy atom. The lowest BCUT2D eigenvalue weighted by Crippen LogP contribution is -2.12. The van der Waals surface area contributed by atoms with Gasteiger partial charge in [0, 0.05) is 25.8 Å². The van der Waals surface area contributed by atoms with Gasteiger partial charge in [0.25, 0.3) is 0 Å². The number of hydrogen-bond acceptors (Lipinski definition) is 2. The van der Waals surface area contributed by atoms with E-state index in [1.807, 2.05) is 0 Å². The number of rotatable bonds is 0. The van der Waals surface area contributed by atoms with Gasteiger partial charge >= 0.3 is 0 Å². The van der Waals surface area contributed by atoms with Gasteiger partial charge in [-0.2, -0.15) is 0 Å². The normalized spacial score (nSPS) is 21.8. The summed E-state index contributed by atoms with van der Waals surface area (Å²) in [6.45, 7) is 0.888. The predicted molar refractivity (Wildman–Crippen MR) is 50.3 cm³/mol. The van der Waals surface area contributed by atoms with Crippen LogP contribution in [0.2, 0.25) is 0 Å². The lowest BCUT2D eigenvalue weighted by molar-refractivity contribution is -0.120. The first-order valence-electron chi connectivity index (χ1n) is 5.07. The predicted octanol–water partition coefficient (Wildman–Crippen LogP) is 1.42. The minimum absolute atomic E-state index is 0.204. The summed E-state index contributed by atoms with van der Waals surface area (Å²) in [5.41, 5.74) is 0. The fourth-order valence-electron chi connectivity index (χ4n) is 1.51. The van der Waals surface area contributed by atoms with Crippen molar-refractivity contribution < 1.29 is 9.59 Å². The molecule has 1 saturated heterocycles. The molecule has 74 valence electrons. The minimum Gasteiger partial charge on any atom is -0.356 e. The number of hydrogen-bond donors (Lipinski definition) is 1. The smallest absolute Gasteiger partial charge is 0.220 e. The molecule has 1 aliphatic carbocycles. The van der Waals surface area contributed by atoms with E-state index >= 15 is 0 Å². The molecular formula is C10H17NO2. The number of Topliss-reactive ketones (excluding diaryl/α,β-unsaturated/α-hetero) is 1.